The van der Waals surface area contributed by atoms with E-state index in [1.165, 1.54) is 13.2 Å². The number of hydrogen-bond donors (Lipinski definition) is 0. The fourth-order valence-corrected chi connectivity index (χ4v) is 0.954. The van der Waals surface area contributed by atoms with Crippen LogP contribution >= 0.6 is 0 Å². The van der Waals surface area contributed by atoms with Crippen molar-refractivity contribution in [1.82, 2.24) is 0 Å². The Morgan fingerprint density at radius 2 is 2.00 bits per heavy atom. The molecule has 0 atom stereocenters. The molecule has 0 fully saturated rings. The zero-order valence-corrected chi connectivity index (χ0v) is 7.43. The molecule has 0 N–H and O–H groups in total. The molecule has 0 saturated carbocycles. The quantitative estimate of drug-likeness (QED) is 0.725. The van der Waals surface area contributed by atoms with Crippen molar-refractivity contribution in [3.63, 3.8) is 0 Å². The first kappa shape index (κ1) is 9.77. The molecule has 0 bridgehead atoms. The Balaban J connectivity index is 3.15. The van der Waals surface area contributed by atoms with E-state index in [1.54, 1.807) is 6.92 Å². The molecule has 0 unspecified atom stereocenters. The van der Waals surface area contributed by atoms with Gasteiger partial charge in [-0.1, -0.05) is 0 Å². The van der Waals surface area contributed by atoms with Crippen molar-refractivity contribution in [2.75, 3.05) is 13.7 Å². The molecule has 2 nitrogen and oxygen atoms in total. The first-order chi connectivity index (χ1) is 6.20. The van der Waals surface area contributed by atoms with Crippen LogP contribution in [0.3, 0.4) is 0 Å². The normalized spacial score (nSPS) is 9.85. The van der Waals surface area contributed by atoms with Crippen molar-refractivity contribution >= 4 is 0 Å². The van der Waals surface area contributed by atoms with Crippen molar-refractivity contribution in [2.24, 2.45) is 0 Å². The minimum Gasteiger partial charge on any atom is -0.493 e. The Bertz CT molecular complexity index is 300. The van der Waals surface area contributed by atoms with Gasteiger partial charge in [-0.3, -0.25) is 0 Å². The maximum atomic E-state index is 13.1. The van der Waals surface area contributed by atoms with Gasteiger partial charge in [0.2, 0.25) is 5.82 Å². The van der Waals surface area contributed by atoms with Crippen LogP contribution in [-0.4, -0.2) is 13.7 Å². The highest BCUT2D eigenvalue weighted by atomic mass is 19.2. The predicted molar refractivity (Wildman–Crippen MR) is 44.1 cm³/mol. The van der Waals surface area contributed by atoms with Crippen molar-refractivity contribution in [1.29, 1.82) is 0 Å². The monoisotopic (exact) mass is 188 g/mol. The van der Waals surface area contributed by atoms with Gasteiger partial charge in [-0.25, -0.2) is 4.39 Å². The fourth-order valence-electron chi connectivity index (χ4n) is 0.954. The van der Waals surface area contributed by atoms with Gasteiger partial charge in [0.15, 0.2) is 17.3 Å². The molecule has 0 spiro atoms. The van der Waals surface area contributed by atoms with Crippen molar-refractivity contribution < 1.29 is 18.3 Å². The summed E-state index contributed by atoms with van der Waals surface area (Å²) in [5.74, 6) is -1.93. The lowest BCUT2D eigenvalue weighted by Gasteiger charge is -2.09. The fraction of sp³-hybridized carbons (Fsp3) is 0.333. The molecule has 0 radical (unpaired) electrons. The number of methoxy groups -OCH3 is 1. The molecule has 4 heteroatoms. The van der Waals surface area contributed by atoms with E-state index in [0.29, 0.717) is 0 Å². The van der Waals surface area contributed by atoms with Crippen LogP contribution in [0.15, 0.2) is 12.1 Å². The van der Waals surface area contributed by atoms with Crippen LogP contribution in [0.5, 0.6) is 11.5 Å². The summed E-state index contributed by atoms with van der Waals surface area (Å²) in [6.45, 7) is 1.94. The molecule has 0 heterocycles. The second-order valence-electron chi connectivity index (χ2n) is 2.33. The zero-order chi connectivity index (χ0) is 9.84. The minimum atomic E-state index is -1.01. The van der Waals surface area contributed by atoms with E-state index in [4.69, 9.17) is 9.47 Å². The Morgan fingerprint density at radius 3 is 2.54 bits per heavy atom. The van der Waals surface area contributed by atoms with Crippen LogP contribution in [0.2, 0.25) is 0 Å². The molecule has 1 rings (SSSR count). The van der Waals surface area contributed by atoms with Crippen LogP contribution in [0.25, 0.3) is 0 Å². The molecule has 0 saturated heterocycles. The summed E-state index contributed by atoms with van der Waals surface area (Å²) in [6, 6.07) is 2.32. The van der Waals surface area contributed by atoms with E-state index in [-0.39, 0.29) is 18.1 Å². The largest absolute Gasteiger partial charge is 0.493 e. The molecule has 1 aromatic carbocycles. The second kappa shape index (κ2) is 4.07. The average Bonchev–Trinajstić information content (AvgIpc) is 2.14. The highest BCUT2D eigenvalue weighted by Gasteiger charge is 2.14. The van der Waals surface area contributed by atoms with Crippen LogP contribution in [0, 0.1) is 11.6 Å². The summed E-state index contributed by atoms with van der Waals surface area (Å²) < 4.78 is 35.5. The topological polar surface area (TPSA) is 18.5 Å². The van der Waals surface area contributed by atoms with E-state index in [2.05, 4.69) is 0 Å². The molecular weight excluding hydrogens is 178 g/mol. The minimum absolute atomic E-state index is 0.176. The lowest BCUT2D eigenvalue weighted by atomic mass is 10.3. The highest BCUT2D eigenvalue weighted by Crippen LogP contribution is 2.31. The second-order valence-corrected chi connectivity index (χ2v) is 2.33. The van der Waals surface area contributed by atoms with Crippen molar-refractivity contribution in [3.8, 4) is 11.5 Å². The smallest absolute Gasteiger partial charge is 0.204 e. The predicted octanol–water partition coefficient (Wildman–Crippen LogP) is 2.37. The van der Waals surface area contributed by atoms with Gasteiger partial charge in [0.05, 0.1) is 13.7 Å². The van der Waals surface area contributed by atoms with E-state index >= 15 is 0 Å². The lowest BCUT2D eigenvalue weighted by molar-refractivity contribution is 0.288. The van der Waals surface area contributed by atoms with Crippen LogP contribution in [0.1, 0.15) is 6.92 Å². The van der Waals surface area contributed by atoms with Crippen molar-refractivity contribution in [3.05, 3.63) is 23.8 Å². The average molecular weight is 188 g/mol. The van der Waals surface area contributed by atoms with Crippen LogP contribution < -0.4 is 9.47 Å². The third kappa shape index (κ3) is 1.88. The van der Waals surface area contributed by atoms with Gasteiger partial charge in [0.1, 0.15) is 0 Å². The van der Waals surface area contributed by atoms with Gasteiger partial charge in [0.25, 0.3) is 0 Å². The summed E-state index contributed by atoms with van der Waals surface area (Å²) in [7, 11) is 1.37. The molecule has 1 aromatic rings. The highest BCUT2D eigenvalue weighted by molar-refractivity contribution is 5.41. The Kier molecular flexibility index (Phi) is 3.06. The maximum Gasteiger partial charge on any atom is 0.204 e. The third-order valence-corrected chi connectivity index (χ3v) is 1.52. The van der Waals surface area contributed by atoms with Crippen LogP contribution in [0.4, 0.5) is 8.78 Å². The molecule has 0 amide bonds. The lowest BCUT2D eigenvalue weighted by Crippen LogP contribution is -1.99. The van der Waals surface area contributed by atoms with Gasteiger partial charge < -0.3 is 9.47 Å². The van der Waals surface area contributed by atoms with E-state index in [1.807, 2.05) is 0 Å². The Hall–Kier alpha value is -1.32. The first-order valence-electron chi connectivity index (χ1n) is 3.85. The first-order valence-corrected chi connectivity index (χ1v) is 3.85. The molecular formula is C9H10F2O2. The maximum absolute atomic E-state index is 13.1. The van der Waals surface area contributed by atoms with E-state index < -0.39 is 11.6 Å². The zero-order valence-electron chi connectivity index (χ0n) is 7.43. The SMILES string of the molecule is CCOc1c(OC)ccc(F)c1F. The number of rotatable bonds is 3. The number of ether oxygens (including phenoxy) is 2. The van der Waals surface area contributed by atoms with Crippen molar-refractivity contribution in [2.45, 2.75) is 6.92 Å². The van der Waals surface area contributed by atoms with Gasteiger partial charge in [-0.05, 0) is 19.1 Å². The van der Waals surface area contributed by atoms with Crippen LogP contribution in [-0.2, 0) is 0 Å². The molecule has 0 aliphatic heterocycles. The van der Waals surface area contributed by atoms with E-state index in [0.717, 1.165) is 6.07 Å². The van der Waals surface area contributed by atoms with Gasteiger partial charge in [0, 0.05) is 0 Å². The summed E-state index contributed by atoms with van der Waals surface area (Å²) in [4.78, 5) is 0. The number of halogens is 2. The summed E-state index contributed by atoms with van der Waals surface area (Å²) in [5, 5.41) is 0. The Labute approximate surface area is 75.1 Å². The molecule has 13 heavy (non-hydrogen) atoms. The number of hydrogen-bond acceptors (Lipinski definition) is 2. The number of benzene rings is 1. The standard InChI is InChI=1S/C9H10F2O2/c1-3-13-9-7(12-2)5-4-6(10)8(9)11/h4-5H,3H2,1-2H3. The summed E-state index contributed by atoms with van der Waals surface area (Å²) in [5.41, 5.74) is 0. The Morgan fingerprint density at radius 1 is 1.31 bits per heavy atom. The molecule has 0 aliphatic carbocycles. The van der Waals surface area contributed by atoms with E-state index in [9.17, 15) is 8.78 Å². The molecule has 0 aliphatic rings. The van der Waals surface area contributed by atoms with Gasteiger partial charge in [-0.15, -0.1) is 0 Å². The third-order valence-electron chi connectivity index (χ3n) is 1.52. The molecule has 72 valence electrons. The summed E-state index contributed by atoms with van der Waals surface area (Å²) in [6.07, 6.45) is 0. The van der Waals surface area contributed by atoms with Gasteiger partial charge in [-0.2, -0.15) is 4.39 Å². The van der Waals surface area contributed by atoms with Gasteiger partial charge >= 0.3 is 0 Å². The summed E-state index contributed by atoms with van der Waals surface area (Å²) >= 11 is 0. The molecule has 0 aromatic heterocycles.